The summed E-state index contributed by atoms with van der Waals surface area (Å²) in [5, 5.41) is 8.83. The van der Waals surface area contributed by atoms with Gasteiger partial charge in [-0.1, -0.05) is 5.16 Å². The second kappa shape index (κ2) is 8.42. The highest BCUT2D eigenvalue weighted by Gasteiger charge is 2.40. The molecule has 1 aliphatic rings. The molecular weight excluding hydrogens is 368 g/mol. The Morgan fingerprint density at radius 3 is 2.76 bits per heavy atom. The maximum atomic E-state index is 5.58. The van der Waals surface area contributed by atoms with Gasteiger partial charge in [-0.15, -0.1) is 0 Å². The van der Waals surface area contributed by atoms with Crippen LogP contribution in [0.15, 0.2) is 35.1 Å². The van der Waals surface area contributed by atoms with E-state index in [4.69, 9.17) is 14.2 Å². The minimum atomic E-state index is -0.126. The SMILES string of the molecule is COCCC1(c2noc(-c3cccnc3)n2)CCN(Cc2cc(C)nn2C)CC1. The molecule has 1 fully saturated rings. The lowest BCUT2D eigenvalue weighted by Crippen LogP contribution is -2.43. The molecular formula is C21H28N6O2. The van der Waals surface area contributed by atoms with E-state index in [1.165, 1.54) is 5.69 Å². The third-order valence-corrected chi connectivity index (χ3v) is 5.89. The van der Waals surface area contributed by atoms with Crippen molar-refractivity contribution in [1.29, 1.82) is 0 Å². The molecule has 3 aromatic rings. The van der Waals surface area contributed by atoms with Crippen molar-refractivity contribution in [3.05, 3.63) is 47.8 Å². The molecule has 8 nitrogen and oxygen atoms in total. The summed E-state index contributed by atoms with van der Waals surface area (Å²) in [6, 6.07) is 5.97. The fraction of sp³-hybridized carbons (Fsp3) is 0.524. The van der Waals surface area contributed by atoms with E-state index in [9.17, 15) is 0 Å². The number of methoxy groups -OCH3 is 1. The Bertz CT molecular complexity index is 928. The number of ether oxygens (including phenoxy) is 1. The normalized spacial score (nSPS) is 16.9. The molecule has 4 rings (SSSR count). The molecule has 0 N–H and O–H groups in total. The van der Waals surface area contributed by atoms with Gasteiger partial charge in [0.05, 0.1) is 17.0 Å². The van der Waals surface area contributed by atoms with Crippen molar-refractivity contribution in [2.24, 2.45) is 7.05 Å². The molecule has 3 aromatic heterocycles. The molecule has 1 saturated heterocycles. The van der Waals surface area contributed by atoms with Crippen molar-refractivity contribution >= 4 is 0 Å². The lowest BCUT2D eigenvalue weighted by atomic mass is 9.75. The topological polar surface area (TPSA) is 82.1 Å². The quantitative estimate of drug-likeness (QED) is 0.607. The number of hydrogen-bond acceptors (Lipinski definition) is 7. The first-order valence-corrected chi connectivity index (χ1v) is 10.0. The molecule has 0 unspecified atom stereocenters. The zero-order chi connectivity index (χ0) is 20.3. The van der Waals surface area contributed by atoms with Gasteiger partial charge in [0.15, 0.2) is 5.82 Å². The number of nitrogens with zero attached hydrogens (tertiary/aromatic N) is 6. The van der Waals surface area contributed by atoms with Crippen molar-refractivity contribution in [1.82, 2.24) is 29.8 Å². The third kappa shape index (κ3) is 4.23. The zero-order valence-corrected chi connectivity index (χ0v) is 17.3. The number of aromatic nitrogens is 5. The van der Waals surface area contributed by atoms with Gasteiger partial charge in [0.25, 0.3) is 5.89 Å². The monoisotopic (exact) mass is 396 g/mol. The molecule has 0 aliphatic carbocycles. The van der Waals surface area contributed by atoms with Crippen LogP contribution >= 0.6 is 0 Å². The second-order valence-electron chi connectivity index (χ2n) is 7.86. The van der Waals surface area contributed by atoms with Gasteiger partial charge in [0.2, 0.25) is 0 Å². The van der Waals surface area contributed by atoms with Gasteiger partial charge in [-0.3, -0.25) is 14.6 Å². The molecule has 4 heterocycles. The van der Waals surface area contributed by atoms with Crippen LogP contribution in [-0.4, -0.2) is 56.6 Å². The van der Waals surface area contributed by atoms with E-state index in [0.717, 1.165) is 56.0 Å². The molecule has 154 valence electrons. The summed E-state index contributed by atoms with van der Waals surface area (Å²) < 4.78 is 13.0. The van der Waals surface area contributed by atoms with E-state index in [0.29, 0.717) is 12.5 Å². The van der Waals surface area contributed by atoms with Crippen LogP contribution in [0.1, 0.15) is 36.5 Å². The number of aryl methyl sites for hydroxylation is 2. The Labute approximate surface area is 170 Å². The zero-order valence-electron chi connectivity index (χ0n) is 17.3. The molecule has 1 aliphatic heterocycles. The molecule has 29 heavy (non-hydrogen) atoms. The minimum Gasteiger partial charge on any atom is -0.385 e. The first-order chi connectivity index (χ1) is 14.1. The Morgan fingerprint density at radius 2 is 2.10 bits per heavy atom. The Kier molecular flexibility index (Phi) is 5.73. The van der Waals surface area contributed by atoms with E-state index < -0.39 is 0 Å². The summed E-state index contributed by atoms with van der Waals surface area (Å²) in [6.07, 6.45) is 6.31. The van der Waals surface area contributed by atoms with Crippen LogP contribution < -0.4 is 0 Å². The largest absolute Gasteiger partial charge is 0.385 e. The molecule has 0 bridgehead atoms. The van der Waals surface area contributed by atoms with Crippen LogP contribution in [0.25, 0.3) is 11.5 Å². The molecule has 0 amide bonds. The highest BCUT2D eigenvalue weighted by molar-refractivity contribution is 5.50. The smallest absolute Gasteiger partial charge is 0.259 e. The summed E-state index contributed by atoms with van der Waals surface area (Å²) in [6.45, 7) is 5.57. The summed E-state index contributed by atoms with van der Waals surface area (Å²) in [7, 11) is 3.75. The lowest BCUT2D eigenvalue weighted by Gasteiger charge is -2.39. The van der Waals surface area contributed by atoms with Crippen LogP contribution in [0.3, 0.4) is 0 Å². The highest BCUT2D eigenvalue weighted by atomic mass is 16.5. The van der Waals surface area contributed by atoms with Crippen LogP contribution in [0.5, 0.6) is 0 Å². The number of pyridine rings is 1. The van der Waals surface area contributed by atoms with Crippen molar-refractivity contribution in [3.8, 4) is 11.5 Å². The molecule has 0 aromatic carbocycles. The van der Waals surface area contributed by atoms with Crippen LogP contribution in [0.4, 0.5) is 0 Å². The number of likely N-dealkylation sites (tertiary alicyclic amines) is 1. The van der Waals surface area contributed by atoms with Crippen molar-refractivity contribution < 1.29 is 9.26 Å². The summed E-state index contributed by atoms with van der Waals surface area (Å²) >= 11 is 0. The Morgan fingerprint density at radius 1 is 1.28 bits per heavy atom. The molecule has 8 heteroatoms. The summed E-state index contributed by atoms with van der Waals surface area (Å²) in [5.74, 6) is 1.31. The third-order valence-electron chi connectivity index (χ3n) is 5.89. The minimum absolute atomic E-state index is 0.126. The average molecular weight is 396 g/mol. The molecule has 0 radical (unpaired) electrons. The average Bonchev–Trinajstić information content (AvgIpc) is 3.35. The van der Waals surface area contributed by atoms with Gasteiger partial charge in [-0.25, -0.2) is 0 Å². The van der Waals surface area contributed by atoms with Crippen molar-refractivity contribution in [3.63, 3.8) is 0 Å². The van der Waals surface area contributed by atoms with E-state index >= 15 is 0 Å². The Balaban J connectivity index is 1.50. The first kappa shape index (κ1) is 19.7. The maximum Gasteiger partial charge on any atom is 0.259 e. The molecule has 0 saturated carbocycles. The van der Waals surface area contributed by atoms with Gasteiger partial charge in [-0.05, 0) is 57.5 Å². The van der Waals surface area contributed by atoms with E-state index in [1.54, 1.807) is 19.5 Å². The van der Waals surface area contributed by atoms with Crippen molar-refractivity contribution in [2.45, 2.75) is 38.1 Å². The van der Waals surface area contributed by atoms with E-state index in [-0.39, 0.29) is 5.41 Å². The van der Waals surface area contributed by atoms with Gasteiger partial charge < -0.3 is 9.26 Å². The lowest BCUT2D eigenvalue weighted by molar-refractivity contribution is 0.102. The number of hydrogen-bond donors (Lipinski definition) is 0. The second-order valence-corrected chi connectivity index (χ2v) is 7.86. The summed E-state index contributed by atoms with van der Waals surface area (Å²) in [5.41, 5.74) is 3.02. The number of piperidine rings is 1. The van der Waals surface area contributed by atoms with Crippen LogP contribution in [0, 0.1) is 6.92 Å². The van der Waals surface area contributed by atoms with E-state index in [2.05, 4.69) is 26.2 Å². The van der Waals surface area contributed by atoms with Gasteiger partial charge in [-0.2, -0.15) is 10.1 Å². The van der Waals surface area contributed by atoms with Crippen molar-refractivity contribution in [2.75, 3.05) is 26.8 Å². The fourth-order valence-corrected chi connectivity index (χ4v) is 4.11. The number of rotatable bonds is 7. The van der Waals surface area contributed by atoms with Gasteiger partial charge in [0, 0.05) is 45.1 Å². The fourth-order valence-electron chi connectivity index (χ4n) is 4.11. The van der Waals surface area contributed by atoms with E-state index in [1.807, 2.05) is 30.8 Å². The van der Waals surface area contributed by atoms with Gasteiger partial charge >= 0.3 is 0 Å². The predicted molar refractivity (Wildman–Crippen MR) is 108 cm³/mol. The van der Waals surface area contributed by atoms with Crippen LogP contribution in [-0.2, 0) is 23.7 Å². The molecule has 0 atom stereocenters. The Hall–Kier alpha value is -2.58. The van der Waals surface area contributed by atoms with Gasteiger partial charge in [0.1, 0.15) is 0 Å². The summed E-state index contributed by atoms with van der Waals surface area (Å²) in [4.78, 5) is 11.4. The first-order valence-electron chi connectivity index (χ1n) is 10.0. The highest BCUT2D eigenvalue weighted by Crippen LogP contribution is 2.38. The maximum absolute atomic E-state index is 5.58. The molecule has 0 spiro atoms. The predicted octanol–water partition coefficient (Wildman–Crippen LogP) is 2.74. The standard InChI is InChI=1S/C21H28N6O2/c1-16-13-18(26(2)24-16)15-27-10-6-21(7-11-27,8-12-28-3)20-23-19(29-25-20)17-5-4-9-22-14-17/h4-5,9,13-14H,6-8,10-12,15H2,1-3H3. The van der Waals surface area contributed by atoms with Crippen LogP contribution in [0.2, 0.25) is 0 Å².